The van der Waals surface area contributed by atoms with Crippen molar-refractivity contribution in [3.63, 3.8) is 0 Å². The van der Waals surface area contributed by atoms with Crippen molar-refractivity contribution in [3.8, 4) is 0 Å². The molecule has 0 heterocycles. The first-order chi connectivity index (χ1) is 4.31. The second-order valence-corrected chi connectivity index (χ2v) is 3.15. The van der Waals surface area contributed by atoms with Gasteiger partial charge >= 0.3 is 0 Å². The molecule has 0 aliphatic heterocycles. The van der Waals surface area contributed by atoms with E-state index in [9.17, 15) is 0 Å². The van der Waals surface area contributed by atoms with Gasteiger partial charge in [0, 0.05) is 5.38 Å². The maximum Gasteiger partial charge on any atom is 0.0336 e. The largest absolute Gasteiger partial charge is 0.147 e. The van der Waals surface area contributed by atoms with Gasteiger partial charge in [0.15, 0.2) is 0 Å². The minimum Gasteiger partial charge on any atom is -0.147 e. The average Bonchev–Trinajstić information content (AvgIpc) is 1.85. The minimum absolute atomic E-state index is 0. The van der Waals surface area contributed by atoms with Gasteiger partial charge < -0.3 is 0 Å². The van der Waals surface area contributed by atoms with Crippen LogP contribution in [0, 0.1) is 0 Å². The lowest BCUT2D eigenvalue weighted by Crippen LogP contribution is -1.96. The third kappa shape index (κ3) is 8.58. The van der Waals surface area contributed by atoms with Crippen LogP contribution < -0.4 is 0 Å². The summed E-state index contributed by atoms with van der Waals surface area (Å²) >= 11 is 5.96. The maximum atomic E-state index is 5.96. The Morgan fingerprint density at radius 2 is 1.70 bits per heavy atom. The third-order valence-corrected chi connectivity index (χ3v) is 1.91. The Labute approximate surface area is 75.8 Å². The fourth-order valence-electron chi connectivity index (χ4n) is 0.883. The normalized spacial score (nSPS) is 12.3. The second kappa shape index (κ2) is 9.58. The number of alkyl halides is 1. The SMILES string of the molecule is CCCCC(Cl)CCC.Cl. The van der Waals surface area contributed by atoms with Gasteiger partial charge in [0.05, 0.1) is 0 Å². The monoisotopic (exact) mass is 184 g/mol. The topological polar surface area (TPSA) is 0 Å². The molecule has 10 heavy (non-hydrogen) atoms. The summed E-state index contributed by atoms with van der Waals surface area (Å²) in [6.07, 6.45) is 6.16. The first-order valence-corrected chi connectivity index (χ1v) is 4.39. The van der Waals surface area contributed by atoms with Crippen LogP contribution >= 0.6 is 24.0 Å². The fourth-order valence-corrected chi connectivity index (χ4v) is 1.26. The number of hydrogen-bond acceptors (Lipinski definition) is 0. The van der Waals surface area contributed by atoms with Crippen LogP contribution in [0.15, 0.2) is 0 Å². The fraction of sp³-hybridized carbons (Fsp3) is 1.00. The molecule has 0 aliphatic carbocycles. The van der Waals surface area contributed by atoms with Crippen LogP contribution in [0.5, 0.6) is 0 Å². The molecule has 0 aromatic heterocycles. The van der Waals surface area contributed by atoms with Crippen LogP contribution in [-0.4, -0.2) is 5.38 Å². The zero-order chi connectivity index (χ0) is 7.11. The number of halogens is 2. The highest BCUT2D eigenvalue weighted by molar-refractivity contribution is 6.20. The van der Waals surface area contributed by atoms with E-state index in [1.165, 1.54) is 32.1 Å². The molecule has 0 amide bonds. The van der Waals surface area contributed by atoms with Gasteiger partial charge in [-0.15, -0.1) is 24.0 Å². The summed E-state index contributed by atoms with van der Waals surface area (Å²) in [5.41, 5.74) is 0. The van der Waals surface area contributed by atoms with Gasteiger partial charge in [-0.05, 0) is 12.8 Å². The highest BCUT2D eigenvalue weighted by Crippen LogP contribution is 2.12. The van der Waals surface area contributed by atoms with Gasteiger partial charge in [0.2, 0.25) is 0 Å². The van der Waals surface area contributed by atoms with E-state index in [1.807, 2.05) is 0 Å². The Kier molecular flexibility index (Phi) is 12.6. The summed E-state index contributed by atoms with van der Waals surface area (Å²) in [4.78, 5) is 0. The van der Waals surface area contributed by atoms with Crippen molar-refractivity contribution in [3.05, 3.63) is 0 Å². The Hall–Kier alpha value is 0.580. The zero-order valence-electron chi connectivity index (χ0n) is 6.90. The van der Waals surface area contributed by atoms with E-state index >= 15 is 0 Å². The van der Waals surface area contributed by atoms with Crippen molar-refractivity contribution in [1.29, 1.82) is 0 Å². The molecule has 0 aromatic carbocycles. The van der Waals surface area contributed by atoms with Gasteiger partial charge in [0.1, 0.15) is 0 Å². The molecule has 1 atom stereocenters. The van der Waals surface area contributed by atoms with Crippen LogP contribution in [0.4, 0.5) is 0 Å². The van der Waals surface area contributed by atoms with Crippen molar-refractivity contribution in [2.75, 3.05) is 0 Å². The summed E-state index contributed by atoms with van der Waals surface area (Å²) < 4.78 is 0. The zero-order valence-corrected chi connectivity index (χ0v) is 8.47. The van der Waals surface area contributed by atoms with E-state index in [4.69, 9.17) is 11.6 Å². The number of unbranched alkanes of at least 4 members (excludes halogenated alkanes) is 1. The standard InChI is InChI=1S/C8H17Cl.ClH/c1-3-5-7-8(9)6-4-2;/h8H,3-7H2,1-2H3;1H. The molecule has 0 saturated carbocycles. The molecule has 0 bridgehead atoms. The van der Waals surface area contributed by atoms with Crippen molar-refractivity contribution < 1.29 is 0 Å². The van der Waals surface area contributed by atoms with Crippen LogP contribution in [-0.2, 0) is 0 Å². The van der Waals surface area contributed by atoms with Crippen LogP contribution in [0.2, 0.25) is 0 Å². The lowest BCUT2D eigenvalue weighted by Gasteiger charge is -2.04. The maximum absolute atomic E-state index is 5.96. The van der Waals surface area contributed by atoms with Gasteiger partial charge in [-0.1, -0.05) is 33.1 Å². The summed E-state index contributed by atoms with van der Waals surface area (Å²) in [6.45, 7) is 4.39. The molecular weight excluding hydrogens is 167 g/mol. The molecule has 0 aliphatic rings. The van der Waals surface area contributed by atoms with E-state index in [0.717, 1.165) is 0 Å². The predicted octanol–water partition coefficient (Wildman–Crippen LogP) is 4.01. The van der Waals surface area contributed by atoms with E-state index in [2.05, 4.69) is 13.8 Å². The van der Waals surface area contributed by atoms with E-state index < -0.39 is 0 Å². The van der Waals surface area contributed by atoms with Crippen molar-refractivity contribution in [1.82, 2.24) is 0 Å². The Balaban J connectivity index is 0. The Morgan fingerprint density at radius 1 is 1.10 bits per heavy atom. The third-order valence-electron chi connectivity index (χ3n) is 1.47. The van der Waals surface area contributed by atoms with Crippen molar-refractivity contribution >= 4 is 24.0 Å². The summed E-state index contributed by atoms with van der Waals surface area (Å²) in [5, 5.41) is 0.440. The highest BCUT2D eigenvalue weighted by Gasteiger charge is 1.99. The number of rotatable bonds is 5. The molecule has 0 fully saturated rings. The molecule has 64 valence electrons. The molecule has 2 heteroatoms. The molecule has 0 aromatic rings. The molecular formula is C8H18Cl2. The van der Waals surface area contributed by atoms with Gasteiger partial charge in [-0.3, -0.25) is 0 Å². The molecule has 0 nitrogen and oxygen atoms in total. The van der Waals surface area contributed by atoms with E-state index in [-0.39, 0.29) is 12.4 Å². The highest BCUT2D eigenvalue weighted by atomic mass is 35.5. The molecule has 0 N–H and O–H groups in total. The molecule has 0 saturated heterocycles. The van der Waals surface area contributed by atoms with Crippen molar-refractivity contribution in [2.45, 2.75) is 51.3 Å². The lowest BCUT2D eigenvalue weighted by atomic mass is 10.1. The quantitative estimate of drug-likeness (QED) is 0.567. The Morgan fingerprint density at radius 3 is 2.10 bits per heavy atom. The molecule has 0 spiro atoms. The van der Waals surface area contributed by atoms with Gasteiger partial charge in [0.25, 0.3) is 0 Å². The predicted molar refractivity (Wildman–Crippen MR) is 51.3 cm³/mol. The average molecular weight is 185 g/mol. The summed E-state index contributed by atoms with van der Waals surface area (Å²) in [7, 11) is 0. The van der Waals surface area contributed by atoms with Crippen molar-refractivity contribution in [2.24, 2.45) is 0 Å². The van der Waals surface area contributed by atoms with Gasteiger partial charge in [-0.2, -0.15) is 0 Å². The molecule has 1 unspecified atom stereocenters. The van der Waals surface area contributed by atoms with Crippen LogP contribution in [0.1, 0.15) is 46.0 Å². The lowest BCUT2D eigenvalue weighted by molar-refractivity contribution is 0.632. The minimum atomic E-state index is 0. The van der Waals surface area contributed by atoms with E-state index in [0.29, 0.717) is 5.38 Å². The first-order valence-electron chi connectivity index (χ1n) is 3.95. The summed E-state index contributed by atoms with van der Waals surface area (Å²) in [6, 6.07) is 0. The van der Waals surface area contributed by atoms with Crippen LogP contribution in [0.25, 0.3) is 0 Å². The molecule has 0 rings (SSSR count). The van der Waals surface area contributed by atoms with Gasteiger partial charge in [-0.25, -0.2) is 0 Å². The van der Waals surface area contributed by atoms with Crippen LogP contribution in [0.3, 0.4) is 0 Å². The first kappa shape index (κ1) is 13.2. The summed E-state index contributed by atoms with van der Waals surface area (Å²) in [5.74, 6) is 0. The van der Waals surface area contributed by atoms with E-state index in [1.54, 1.807) is 0 Å². The Bertz CT molecular complexity index is 55.2. The smallest absolute Gasteiger partial charge is 0.0336 e. The second-order valence-electron chi connectivity index (χ2n) is 2.53. The number of hydrogen-bond donors (Lipinski definition) is 0. The molecule has 0 radical (unpaired) electrons.